The van der Waals surface area contributed by atoms with E-state index < -0.39 is 10.0 Å². The number of hydrogen-bond donors (Lipinski definition) is 2. The van der Waals surface area contributed by atoms with Gasteiger partial charge in [0.15, 0.2) is 5.96 Å². The van der Waals surface area contributed by atoms with Crippen molar-refractivity contribution in [2.75, 3.05) is 26.5 Å². The summed E-state index contributed by atoms with van der Waals surface area (Å²) >= 11 is 0. The molecular weight excluding hydrogens is 340 g/mol. The Balaban J connectivity index is 2.22. The van der Waals surface area contributed by atoms with Crippen LogP contribution in [0.15, 0.2) is 58.4 Å². The van der Waals surface area contributed by atoms with Crippen molar-refractivity contribution in [2.24, 2.45) is 10.7 Å². The average Bonchev–Trinajstić information content (AvgIpc) is 2.60. The van der Waals surface area contributed by atoms with Crippen LogP contribution in [0.2, 0.25) is 0 Å². The number of nitrogens with one attached hydrogen (secondary N) is 1. The van der Waals surface area contributed by atoms with E-state index in [4.69, 9.17) is 10.5 Å². The largest absolute Gasteiger partial charge is 0.495 e. The van der Waals surface area contributed by atoms with E-state index >= 15 is 0 Å². The third-order valence-electron chi connectivity index (χ3n) is 3.52. The summed E-state index contributed by atoms with van der Waals surface area (Å²) < 4.78 is 31.2. The van der Waals surface area contributed by atoms with Gasteiger partial charge in [-0.1, -0.05) is 30.3 Å². The summed E-state index contributed by atoms with van der Waals surface area (Å²) in [6.07, 6.45) is 0. The number of anilines is 1. The standard InChI is InChI=1S/C17H22N4O3S/c1-21(2)25(22,23)16-11-7-4-8-13(16)12-19-17(18)20-14-9-5-6-10-15(14)24-3/h4-11H,12H2,1-3H3,(H3,18,19,20). The molecule has 0 saturated carbocycles. The topological polar surface area (TPSA) is 97.0 Å². The molecule has 0 saturated heterocycles. The number of para-hydroxylation sites is 2. The highest BCUT2D eigenvalue weighted by Gasteiger charge is 2.20. The van der Waals surface area contributed by atoms with E-state index in [0.717, 1.165) is 0 Å². The maximum Gasteiger partial charge on any atom is 0.242 e. The van der Waals surface area contributed by atoms with Gasteiger partial charge in [0.25, 0.3) is 0 Å². The third kappa shape index (κ3) is 4.49. The number of nitrogens with two attached hydrogens (primary N) is 1. The molecule has 134 valence electrons. The lowest BCUT2D eigenvalue weighted by Gasteiger charge is -2.14. The van der Waals surface area contributed by atoms with Crippen LogP contribution in [-0.4, -0.2) is 39.9 Å². The summed E-state index contributed by atoms with van der Waals surface area (Å²) in [7, 11) is 1.01. The fourth-order valence-electron chi connectivity index (χ4n) is 2.18. The van der Waals surface area contributed by atoms with Crippen LogP contribution in [-0.2, 0) is 16.6 Å². The quantitative estimate of drug-likeness (QED) is 0.604. The second-order valence-corrected chi connectivity index (χ2v) is 7.54. The Hall–Kier alpha value is -2.58. The van der Waals surface area contributed by atoms with E-state index in [9.17, 15) is 8.42 Å². The van der Waals surface area contributed by atoms with Crippen LogP contribution in [0.4, 0.5) is 5.69 Å². The van der Waals surface area contributed by atoms with Crippen molar-refractivity contribution in [3.8, 4) is 5.75 Å². The van der Waals surface area contributed by atoms with Gasteiger partial charge in [0, 0.05) is 14.1 Å². The van der Waals surface area contributed by atoms with E-state index in [1.54, 1.807) is 37.4 Å². The molecule has 0 amide bonds. The first-order valence-corrected chi connectivity index (χ1v) is 9.00. The zero-order valence-corrected chi connectivity index (χ0v) is 15.2. The molecule has 0 aromatic heterocycles. The molecule has 25 heavy (non-hydrogen) atoms. The molecule has 2 rings (SSSR count). The molecular formula is C17H22N4O3S. The van der Waals surface area contributed by atoms with Crippen molar-refractivity contribution < 1.29 is 13.2 Å². The monoisotopic (exact) mass is 362 g/mol. The summed E-state index contributed by atoms with van der Waals surface area (Å²) in [5.74, 6) is 0.804. The highest BCUT2D eigenvalue weighted by molar-refractivity contribution is 7.89. The SMILES string of the molecule is COc1ccccc1NC(N)=NCc1ccccc1S(=O)(=O)N(C)C. The molecule has 0 aliphatic heterocycles. The molecule has 0 heterocycles. The van der Waals surface area contributed by atoms with Gasteiger partial charge in [-0.3, -0.25) is 0 Å². The van der Waals surface area contributed by atoms with Gasteiger partial charge in [-0.25, -0.2) is 17.7 Å². The van der Waals surface area contributed by atoms with Gasteiger partial charge in [-0.05, 0) is 23.8 Å². The average molecular weight is 362 g/mol. The lowest BCUT2D eigenvalue weighted by atomic mass is 10.2. The molecule has 0 radical (unpaired) electrons. The number of guanidine groups is 1. The van der Waals surface area contributed by atoms with E-state index in [1.807, 2.05) is 18.2 Å². The van der Waals surface area contributed by atoms with Gasteiger partial charge in [-0.2, -0.15) is 0 Å². The Labute approximate surface area is 148 Å². The van der Waals surface area contributed by atoms with E-state index in [0.29, 0.717) is 17.0 Å². The fraction of sp³-hybridized carbons (Fsp3) is 0.235. The number of aliphatic imine (C=N–C) groups is 1. The first-order valence-electron chi connectivity index (χ1n) is 7.56. The van der Waals surface area contributed by atoms with Crippen LogP contribution in [0, 0.1) is 0 Å². The highest BCUT2D eigenvalue weighted by Crippen LogP contribution is 2.23. The predicted octanol–water partition coefficient (Wildman–Crippen LogP) is 1.87. The molecule has 0 bridgehead atoms. The molecule has 2 aromatic rings. The molecule has 8 heteroatoms. The third-order valence-corrected chi connectivity index (χ3v) is 5.44. The molecule has 3 N–H and O–H groups in total. The molecule has 0 unspecified atom stereocenters. The number of rotatable bonds is 6. The Morgan fingerprint density at radius 3 is 2.48 bits per heavy atom. The summed E-state index contributed by atoms with van der Waals surface area (Å²) in [6.45, 7) is 0.136. The molecule has 0 atom stereocenters. The number of hydrogen-bond acceptors (Lipinski definition) is 4. The molecule has 7 nitrogen and oxygen atoms in total. The zero-order valence-electron chi connectivity index (χ0n) is 14.4. The lowest BCUT2D eigenvalue weighted by molar-refractivity contribution is 0.417. The number of sulfonamides is 1. The molecule has 0 aliphatic rings. The number of benzene rings is 2. The van der Waals surface area contributed by atoms with Crippen LogP contribution in [0.1, 0.15) is 5.56 Å². The highest BCUT2D eigenvalue weighted by atomic mass is 32.2. The van der Waals surface area contributed by atoms with Gasteiger partial charge in [0.2, 0.25) is 10.0 Å². The second-order valence-electron chi connectivity index (χ2n) is 5.42. The fourth-order valence-corrected chi connectivity index (χ4v) is 3.29. The Kier molecular flexibility index (Phi) is 6.00. The minimum Gasteiger partial charge on any atom is -0.495 e. The van der Waals surface area contributed by atoms with Crippen LogP contribution in [0.5, 0.6) is 5.75 Å². The predicted molar refractivity (Wildman–Crippen MR) is 99.3 cm³/mol. The van der Waals surface area contributed by atoms with E-state index in [1.165, 1.54) is 18.4 Å². The van der Waals surface area contributed by atoms with Gasteiger partial charge in [0.05, 0.1) is 24.2 Å². The zero-order chi connectivity index (χ0) is 18.4. The van der Waals surface area contributed by atoms with Crippen LogP contribution >= 0.6 is 0 Å². The molecule has 0 fully saturated rings. The van der Waals surface area contributed by atoms with E-state index in [2.05, 4.69) is 10.3 Å². The molecule has 0 spiro atoms. The van der Waals surface area contributed by atoms with Crippen LogP contribution < -0.4 is 15.8 Å². The molecule has 2 aromatic carbocycles. The van der Waals surface area contributed by atoms with Crippen molar-refractivity contribution in [3.05, 3.63) is 54.1 Å². The van der Waals surface area contributed by atoms with Gasteiger partial charge in [0.1, 0.15) is 5.75 Å². The summed E-state index contributed by atoms with van der Waals surface area (Å²) in [4.78, 5) is 4.46. The van der Waals surface area contributed by atoms with Crippen LogP contribution in [0.25, 0.3) is 0 Å². The normalized spacial score (nSPS) is 12.2. The summed E-state index contributed by atoms with van der Waals surface area (Å²) in [6, 6.07) is 14.0. The Morgan fingerprint density at radius 1 is 1.16 bits per heavy atom. The van der Waals surface area contributed by atoms with Gasteiger partial charge in [-0.15, -0.1) is 0 Å². The van der Waals surface area contributed by atoms with Crippen molar-refractivity contribution >= 4 is 21.7 Å². The van der Waals surface area contributed by atoms with Crippen LogP contribution in [0.3, 0.4) is 0 Å². The smallest absolute Gasteiger partial charge is 0.242 e. The second kappa shape index (κ2) is 8.00. The first-order chi connectivity index (χ1) is 11.9. The van der Waals surface area contributed by atoms with Crippen molar-refractivity contribution in [1.29, 1.82) is 0 Å². The minimum absolute atomic E-state index is 0.136. The summed E-state index contributed by atoms with van der Waals surface area (Å²) in [5.41, 5.74) is 7.17. The maximum atomic E-state index is 12.4. The Morgan fingerprint density at radius 2 is 1.80 bits per heavy atom. The number of ether oxygens (including phenoxy) is 1. The maximum absolute atomic E-state index is 12.4. The van der Waals surface area contributed by atoms with Crippen molar-refractivity contribution in [3.63, 3.8) is 0 Å². The molecule has 0 aliphatic carbocycles. The number of methoxy groups -OCH3 is 1. The first kappa shape index (κ1) is 18.8. The van der Waals surface area contributed by atoms with Crippen molar-refractivity contribution in [1.82, 2.24) is 4.31 Å². The minimum atomic E-state index is -3.54. The Bertz CT molecular complexity index is 864. The summed E-state index contributed by atoms with van der Waals surface area (Å²) in [5, 5.41) is 2.96. The number of nitrogens with zero attached hydrogens (tertiary/aromatic N) is 2. The van der Waals surface area contributed by atoms with E-state index in [-0.39, 0.29) is 17.4 Å². The van der Waals surface area contributed by atoms with Gasteiger partial charge >= 0.3 is 0 Å². The van der Waals surface area contributed by atoms with Crippen molar-refractivity contribution in [2.45, 2.75) is 11.4 Å². The van der Waals surface area contributed by atoms with Gasteiger partial charge < -0.3 is 15.8 Å². The lowest BCUT2D eigenvalue weighted by Crippen LogP contribution is -2.24.